The fraction of sp³-hybridized carbons (Fsp3) is 0. The maximum atomic E-state index is 11.4. The quantitative estimate of drug-likeness (QED) is 0.760. The molecule has 8 nitrogen and oxygen atoms in total. The van der Waals surface area contributed by atoms with E-state index in [1.165, 1.54) is 30.3 Å². The molecule has 106 valence electrons. The molecule has 0 radical (unpaired) electrons. The third-order valence-corrected chi connectivity index (χ3v) is 2.97. The number of aromatic carboxylic acids is 1. The van der Waals surface area contributed by atoms with Crippen molar-refractivity contribution in [2.75, 3.05) is 0 Å². The van der Waals surface area contributed by atoms with Gasteiger partial charge >= 0.3 is 11.7 Å². The van der Waals surface area contributed by atoms with Crippen LogP contribution >= 0.6 is 11.6 Å². The summed E-state index contributed by atoms with van der Waals surface area (Å²) in [6, 6.07) is 7.22. The van der Waals surface area contributed by atoms with Crippen LogP contribution in [0.25, 0.3) is 5.65 Å². The summed E-state index contributed by atoms with van der Waals surface area (Å²) in [5.41, 5.74) is -0.247. The van der Waals surface area contributed by atoms with Crippen LogP contribution in [0.3, 0.4) is 0 Å². The van der Waals surface area contributed by atoms with E-state index in [1.54, 1.807) is 0 Å². The number of carbonyl (C=O) groups is 1. The summed E-state index contributed by atoms with van der Waals surface area (Å²) in [6.45, 7) is 0. The Morgan fingerprint density at radius 3 is 2.90 bits per heavy atom. The van der Waals surface area contributed by atoms with Gasteiger partial charge in [-0.05, 0) is 24.3 Å². The minimum atomic E-state index is -1.17. The standard InChI is InChI=1S/C12H7ClN4O4/c13-8-2-1-6(5-7(8)11(18)19)21-10-4-3-9-14-15-12(20)17(9)16-10/h1-5H,(H,15,20)(H,18,19). The van der Waals surface area contributed by atoms with Gasteiger partial charge in [-0.1, -0.05) is 11.6 Å². The molecule has 0 aliphatic carbocycles. The molecule has 0 unspecified atom stereocenters. The molecular formula is C12H7ClN4O4. The van der Waals surface area contributed by atoms with E-state index in [-0.39, 0.29) is 22.2 Å². The number of carboxylic acid groups (broad SMARTS) is 1. The van der Waals surface area contributed by atoms with E-state index < -0.39 is 11.7 Å². The van der Waals surface area contributed by atoms with Gasteiger partial charge in [0.15, 0.2) is 5.65 Å². The monoisotopic (exact) mass is 306 g/mol. The lowest BCUT2D eigenvalue weighted by Gasteiger charge is -2.06. The highest BCUT2D eigenvalue weighted by Crippen LogP contribution is 2.25. The van der Waals surface area contributed by atoms with Gasteiger partial charge in [-0.15, -0.1) is 5.10 Å². The Balaban J connectivity index is 1.98. The number of hydrogen-bond donors (Lipinski definition) is 2. The molecule has 9 heteroatoms. The molecule has 0 bridgehead atoms. The van der Waals surface area contributed by atoms with E-state index in [0.717, 1.165) is 4.52 Å². The largest absolute Gasteiger partial charge is 0.478 e. The van der Waals surface area contributed by atoms with Crippen LogP contribution in [0.1, 0.15) is 10.4 Å². The molecule has 0 saturated heterocycles. The number of nitrogens with one attached hydrogen (secondary N) is 1. The van der Waals surface area contributed by atoms with Crippen molar-refractivity contribution in [1.29, 1.82) is 0 Å². The second-order valence-corrected chi connectivity index (χ2v) is 4.43. The third kappa shape index (κ3) is 2.43. The number of aromatic amines is 1. The first kappa shape index (κ1) is 13.1. The van der Waals surface area contributed by atoms with Crippen molar-refractivity contribution >= 4 is 23.2 Å². The fourth-order valence-corrected chi connectivity index (χ4v) is 1.89. The van der Waals surface area contributed by atoms with Crippen LogP contribution < -0.4 is 10.4 Å². The van der Waals surface area contributed by atoms with Gasteiger partial charge in [0.1, 0.15) is 5.75 Å². The van der Waals surface area contributed by atoms with E-state index >= 15 is 0 Å². The van der Waals surface area contributed by atoms with Gasteiger partial charge in [-0.2, -0.15) is 9.61 Å². The topological polar surface area (TPSA) is 110 Å². The number of nitrogens with zero attached hydrogens (tertiary/aromatic N) is 3. The lowest BCUT2D eigenvalue weighted by Crippen LogP contribution is -2.12. The minimum Gasteiger partial charge on any atom is -0.478 e. The first-order chi connectivity index (χ1) is 10.0. The number of fused-ring (bicyclic) bond motifs is 1. The van der Waals surface area contributed by atoms with E-state index in [2.05, 4.69) is 15.3 Å². The highest BCUT2D eigenvalue weighted by molar-refractivity contribution is 6.33. The summed E-state index contributed by atoms with van der Waals surface area (Å²) in [4.78, 5) is 22.4. The summed E-state index contributed by atoms with van der Waals surface area (Å²) in [5.74, 6) is -0.815. The summed E-state index contributed by atoms with van der Waals surface area (Å²) < 4.78 is 6.45. The van der Waals surface area contributed by atoms with Gasteiger partial charge in [0.2, 0.25) is 5.88 Å². The maximum Gasteiger partial charge on any atom is 0.364 e. The molecule has 0 aliphatic rings. The van der Waals surface area contributed by atoms with Gasteiger partial charge < -0.3 is 9.84 Å². The van der Waals surface area contributed by atoms with Gasteiger partial charge in [0.05, 0.1) is 10.6 Å². The minimum absolute atomic E-state index is 0.0873. The number of rotatable bonds is 3. The smallest absolute Gasteiger partial charge is 0.364 e. The number of H-pyrrole nitrogens is 1. The molecule has 2 heterocycles. The van der Waals surface area contributed by atoms with Crippen LogP contribution in [0.15, 0.2) is 35.1 Å². The molecule has 0 fully saturated rings. The predicted molar refractivity (Wildman–Crippen MR) is 72.1 cm³/mol. The van der Waals surface area contributed by atoms with E-state index in [9.17, 15) is 9.59 Å². The molecule has 2 N–H and O–H groups in total. The number of hydrogen-bond acceptors (Lipinski definition) is 5. The Morgan fingerprint density at radius 2 is 2.14 bits per heavy atom. The molecule has 0 aliphatic heterocycles. The summed E-state index contributed by atoms with van der Waals surface area (Å²) in [5, 5.41) is 19.0. The van der Waals surface area contributed by atoms with Crippen LogP contribution in [0.5, 0.6) is 11.6 Å². The van der Waals surface area contributed by atoms with Crippen LogP contribution in [0, 0.1) is 0 Å². The van der Waals surface area contributed by atoms with Crippen molar-refractivity contribution in [3.8, 4) is 11.6 Å². The number of aromatic nitrogens is 4. The molecule has 0 amide bonds. The Kier molecular flexibility index (Phi) is 3.07. The molecule has 21 heavy (non-hydrogen) atoms. The van der Waals surface area contributed by atoms with Gasteiger partial charge in [0, 0.05) is 6.07 Å². The predicted octanol–water partition coefficient (Wildman–Crippen LogP) is 1.56. The number of ether oxygens (including phenoxy) is 1. The third-order valence-electron chi connectivity index (χ3n) is 2.64. The van der Waals surface area contributed by atoms with Crippen LogP contribution in [0.2, 0.25) is 5.02 Å². The van der Waals surface area contributed by atoms with Crippen LogP contribution in [-0.4, -0.2) is 30.9 Å². The van der Waals surface area contributed by atoms with Crippen molar-refractivity contribution in [3.05, 3.63) is 51.4 Å². The fourth-order valence-electron chi connectivity index (χ4n) is 1.69. The number of benzene rings is 1. The zero-order valence-electron chi connectivity index (χ0n) is 10.3. The van der Waals surface area contributed by atoms with Crippen molar-refractivity contribution in [2.24, 2.45) is 0 Å². The van der Waals surface area contributed by atoms with Crippen molar-refractivity contribution in [1.82, 2.24) is 19.8 Å². The van der Waals surface area contributed by atoms with E-state index in [0.29, 0.717) is 5.65 Å². The highest BCUT2D eigenvalue weighted by atomic mass is 35.5. The molecule has 0 atom stereocenters. The number of carboxylic acids is 1. The lowest BCUT2D eigenvalue weighted by atomic mass is 10.2. The Labute approximate surface area is 121 Å². The first-order valence-electron chi connectivity index (χ1n) is 5.70. The Bertz CT molecular complexity index is 902. The molecular weight excluding hydrogens is 300 g/mol. The van der Waals surface area contributed by atoms with E-state index in [4.69, 9.17) is 21.4 Å². The zero-order chi connectivity index (χ0) is 15.0. The maximum absolute atomic E-state index is 11.4. The molecule has 2 aromatic heterocycles. The lowest BCUT2D eigenvalue weighted by molar-refractivity contribution is 0.0696. The Hall–Kier alpha value is -2.87. The molecule has 0 spiro atoms. The van der Waals surface area contributed by atoms with Crippen molar-refractivity contribution in [2.45, 2.75) is 0 Å². The molecule has 3 rings (SSSR count). The van der Waals surface area contributed by atoms with E-state index in [1.807, 2.05) is 0 Å². The summed E-state index contributed by atoms with van der Waals surface area (Å²) in [7, 11) is 0. The normalized spacial score (nSPS) is 10.7. The van der Waals surface area contributed by atoms with Crippen LogP contribution in [0.4, 0.5) is 0 Å². The zero-order valence-corrected chi connectivity index (χ0v) is 11.0. The first-order valence-corrected chi connectivity index (χ1v) is 6.07. The average molecular weight is 307 g/mol. The van der Waals surface area contributed by atoms with Crippen molar-refractivity contribution in [3.63, 3.8) is 0 Å². The number of halogens is 1. The van der Waals surface area contributed by atoms with Crippen molar-refractivity contribution < 1.29 is 14.6 Å². The second kappa shape index (κ2) is 4.91. The van der Waals surface area contributed by atoms with Gasteiger partial charge in [-0.3, -0.25) is 0 Å². The molecule has 0 saturated carbocycles. The highest BCUT2D eigenvalue weighted by Gasteiger charge is 2.11. The Morgan fingerprint density at radius 1 is 1.33 bits per heavy atom. The molecule has 1 aromatic carbocycles. The molecule has 3 aromatic rings. The average Bonchev–Trinajstić information content (AvgIpc) is 2.82. The van der Waals surface area contributed by atoms with Gasteiger partial charge in [0.25, 0.3) is 0 Å². The van der Waals surface area contributed by atoms with Crippen LogP contribution in [-0.2, 0) is 0 Å². The SMILES string of the molecule is O=C(O)c1cc(Oc2ccc3n[nH]c(=O)n3n2)ccc1Cl. The summed E-state index contributed by atoms with van der Waals surface area (Å²) in [6.07, 6.45) is 0. The van der Waals surface area contributed by atoms with Gasteiger partial charge in [-0.25, -0.2) is 14.7 Å². The summed E-state index contributed by atoms with van der Waals surface area (Å²) >= 11 is 5.77. The second-order valence-electron chi connectivity index (χ2n) is 4.02.